The van der Waals surface area contributed by atoms with Gasteiger partial charge in [-0.15, -0.1) is 0 Å². The van der Waals surface area contributed by atoms with E-state index in [4.69, 9.17) is 9.47 Å². The van der Waals surface area contributed by atoms with E-state index in [9.17, 15) is 14.4 Å². The first-order valence-corrected chi connectivity index (χ1v) is 13.2. The van der Waals surface area contributed by atoms with Crippen molar-refractivity contribution in [3.05, 3.63) is 130 Å². The number of carbonyl (C=O) groups is 3. The van der Waals surface area contributed by atoms with Gasteiger partial charge in [-0.1, -0.05) is 65.7 Å². The molecule has 0 bridgehead atoms. The molecule has 0 atom stereocenters. The second-order valence-electron chi connectivity index (χ2n) is 9.96. The van der Waals surface area contributed by atoms with Crippen molar-refractivity contribution in [2.75, 3.05) is 12.0 Å². The van der Waals surface area contributed by atoms with Crippen molar-refractivity contribution in [1.29, 1.82) is 0 Å². The van der Waals surface area contributed by atoms with Crippen LogP contribution in [0.2, 0.25) is 0 Å². The summed E-state index contributed by atoms with van der Waals surface area (Å²) in [4.78, 5) is 40.1. The number of rotatable bonds is 8. The molecule has 0 spiro atoms. The van der Waals surface area contributed by atoms with E-state index in [0.29, 0.717) is 35.8 Å². The van der Waals surface area contributed by atoms with Crippen LogP contribution in [0.25, 0.3) is 6.08 Å². The summed E-state index contributed by atoms with van der Waals surface area (Å²) in [6.45, 7) is 4.48. The first-order chi connectivity index (χ1) is 19.8. The standard InChI is InChI=1S/C34H30N2O5/c1-22-15-23(2)17-25(16-22)18-27-19-30(40-3)12-9-26(27)20-31-32(37)35-34(39)36(33(31)38)28-10-13-29(14-11-28)41-21-24-7-5-4-6-8-24/h4-17,19-20H,18,21H2,1-3H3,(H,35,37,39)/b31-20+. The molecule has 0 unspecified atom stereocenters. The van der Waals surface area contributed by atoms with Crippen LogP contribution in [-0.2, 0) is 22.6 Å². The molecule has 0 aromatic heterocycles. The first kappa shape index (κ1) is 27.4. The molecule has 7 heteroatoms. The van der Waals surface area contributed by atoms with Gasteiger partial charge in [0.15, 0.2) is 0 Å². The lowest BCUT2D eigenvalue weighted by molar-refractivity contribution is -0.122. The Morgan fingerprint density at radius 2 is 1.46 bits per heavy atom. The molecule has 1 aliphatic heterocycles. The smallest absolute Gasteiger partial charge is 0.335 e. The number of aryl methyl sites for hydroxylation is 2. The third kappa shape index (κ3) is 6.36. The Labute approximate surface area is 239 Å². The van der Waals surface area contributed by atoms with Gasteiger partial charge in [-0.3, -0.25) is 14.9 Å². The fraction of sp³-hybridized carbons (Fsp3) is 0.147. The monoisotopic (exact) mass is 546 g/mol. The Balaban J connectivity index is 1.42. The summed E-state index contributed by atoms with van der Waals surface area (Å²) >= 11 is 0. The number of nitrogens with one attached hydrogen (secondary N) is 1. The zero-order valence-electron chi connectivity index (χ0n) is 23.1. The van der Waals surface area contributed by atoms with E-state index in [1.807, 2.05) is 56.3 Å². The molecule has 41 heavy (non-hydrogen) atoms. The fourth-order valence-corrected chi connectivity index (χ4v) is 4.87. The number of methoxy groups -OCH3 is 1. The van der Waals surface area contributed by atoms with Gasteiger partial charge in [0.1, 0.15) is 23.7 Å². The van der Waals surface area contributed by atoms with Crippen LogP contribution in [0.15, 0.2) is 96.6 Å². The molecule has 1 N–H and O–H groups in total. The number of barbiturate groups is 1. The predicted octanol–water partition coefficient (Wildman–Crippen LogP) is 6.15. The third-order valence-corrected chi connectivity index (χ3v) is 6.77. The highest BCUT2D eigenvalue weighted by molar-refractivity contribution is 6.39. The maximum absolute atomic E-state index is 13.5. The number of imide groups is 2. The number of nitrogens with zero attached hydrogens (tertiary/aromatic N) is 1. The van der Waals surface area contributed by atoms with Crippen molar-refractivity contribution < 1.29 is 23.9 Å². The van der Waals surface area contributed by atoms with E-state index in [2.05, 4.69) is 23.5 Å². The van der Waals surface area contributed by atoms with Crippen LogP contribution in [0.3, 0.4) is 0 Å². The number of carbonyl (C=O) groups excluding carboxylic acids is 3. The molecular weight excluding hydrogens is 516 g/mol. The van der Waals surface area contributed by atoms with Crippen LogP contribution in [0, 0.1) is 13.8 Å². The van der Waals surface area contributed by atoms with Gasteiger partial charge in [0.05, 0.1) is 12.8 Å². The number of amides is 4. The number of urea groups is 1. The minimum Gasteiger partial charge on any atom is -0.497 e. The summed E-state index contributed by atoms with van der Waals surface area (Å²) in [5, 5.41) is 2.30. The van der Waals surface area contributed by atoms with Crippen molar-refractivity contribution in [1.82, 2.24) is 5.32 Å². The average Bonchev–Trinajstić information content (AvgIpc) is 2.95. The van der Waals surface area contributed by atoms with Gasteiger partial charge in [0.2, 0.25) is 0 Å². The number of anilines is 1. The molecule has 206 valence electrons. The molecule has 0 radical (unpaired) electrons. The van der Waals surface area contributed by atoms with E-state index in [1.54, 1.807) is 37.4 Å². The molecule has 1 heterocycles. The molecule has 7 nitrogen and oxygen atoms in total. The minimum atomic E-state index is -0.805. The van der Waals surface area contributed by atoms with Crippen molar-refractivity contribution >= 4 is 29.6 Å². The van der Waals surface area contributed by atoms with Gasteiger partial charge in [-0.2, -0.15) is 0 Å². The Kier molecular flexibility index (Phi) is 7.97. The van der Waals surface area contributed by atoms with Crippen LogP contribution in [-0.4, -0.2) is 25.0 Å². The van der Waals surface area contributed by atoms with Crippen molar-refractivity contribution in [2.45, 2.75) is 26.9 Å². The van der Waals surface area contributed by atoms with Crippen molar-refractivity contribution in [3.63, 3.8) is 0 Å². The topological polar surface area (TPSA) is 84.9 Å². The van der Waals surface area contributed by atoms with Crippen molar-refractivity contribution in [3.8, 4) is 11.5 Å². The van der Waals surface area contributed by atoms with Gasteiger partial charge >= 0.3 is 6.03 Å². The maximum Gasteiger partial charge on any atom is 0.335 e. The number of benzene rings is 4. The van der Waals surface area contributed by atoms with Gasteiger partial charge < -0.3 is 9.47 Å². The van der Waals surface area contributed by atoms with Gasteiger partial charge in [-0.05, 0) is 85.0 Å². The summed E-state index contributed by atoms with van der Waals surface area (Å²) < 4.78 is 11.3. The molecule has 1 fully saturated rings. The van der Waals surface area contributed by atoms with Gasteiger partial charge in [0, 0.05) is 0 Å². The SMILES string of the molecule is COc1ccc(/C=C2\C(=O)NC(=O)N(c3ccc(OCc4ccccc4)cc3)C2=O)c(Cc2cc(C)cc(C)c2)c1. The third-order valence-electron chi connectivity index (χ3n) is 6.77. The Morgan fingerprint density at radius 1 is 0.780 bits per heavy atom. The van der Waals surface area contributed by atoms with Crippen LogP contribution < -0.4 is 19.7 Å². The summed E-state index contributed by atoms with van der Waals surface area (Å²) in [5.74, 6) is -0.196. The zero-order valence-corrected chi connectivity index (χ0v) is 23.1. The van der Waals surface area contributed by atoms with Crippen LogP contribution in [0.4, 0.5) is 10.5 Å². The molecule has 5 rings (SSSR count). The highest BCUT2D eigenvalue weighted by Crippen LogP contribution is 2.28. The quantitative estimate of drug-likeness (QED) is 0.212. The highest BCUT2D eigenvalue weighted by Gasteiger charge is 2.37. The molecule has 1 aliphatic rings. The minimum absolute atomic E-state index is 0.138. The predicted molar refractivity (Wildman–Crippen MR) is 158 cm³/mol. The normalized spacial score (nSPS) is 14.3. The summed E-state index contributed by atoms with van der Waals surface area (Å²) in [6.07, 6.45) is 2.10. The largest absolute Gasteiger partial charge is 0.497 e. The van der Waals surface area contributed by atoms with Crippen LogP contribution in [0.5, 0.6) is 11.5 Å². The van der Waals surface area contributed by atoms with Crippen LogP contribution in [0.1, 0.15) is 33.4 Å². The second-order valence-corrected chi connectivity index (χ2v) is 9.96. The molecule has 0 saturated carbocycles. The van der Waals surface area contributed by atoms with Crippen molar-refractivity contribution in [2.24, 2.45) is 0 Å². The van der Waals surface area contributed by atoms with Crippen LogP contribution >= 0.6 is 0 Å². The number of hydrogen-bond donors (Lipinski definition) is 1. The summed E-state index contributed by atoms with van der Waals surface area (Å²) in [6, 6.07) is 27.3. The number of ether oxygens (including phenoxy) is 2. The average molecular weight is 547 g/mol. The van der Waals surface area contributed by atoms with E-state index < -0.39 is 17.8 Å². The number of hydrogen-bond acceptors (Lipinski definition) is 5. The van der Waals surface area contributed by atoms with E-state index in [0.717, 1.165) is 32.7 Å². The van der Waals surface area contributed by atoms with E-state index in [-0.39, 0.29) is 5.57 Å². The lowest BCUT2D eigenvalue weighted by atomic mass is 9.95. The van der Waals surface area contributed by atoms with E-state index >= 15 is 0 Å². The Hall–Kier alpha value is -5.17. The van der Waals surface area contributed by atoms with Gasteiger partial charge in [0.25, 0.3) is 11.8 Å². The summed E-state index contributed by atoms with van der Waals surface area (Å²) in [7, 11) is 1.59. The molecule has 4 aromatic rings. The fourth-order valence-electron chi connectivity index (χ4n) is 4.87. The zero-order chi connectivity index (χ0) is 28.9. The van der Waals surface area contributed by atoms with E-state index in [1.165, 1.54) is 6.08 Å². The summed E-state index contributed by atoms with van der Waals surface area (Å²) in [5.41, 5.74) is 6.16. The Morgan fingerprint density at radius 3 is 2.15 bits per heavy atom. The van der Waals surface area contributed by atoms with Gasteiger partial charge in [-0.25, -0.2) is 9.69 Å². The molecule has 4 aromatic carbocycles. The Bertz CT molecular complexity index is 1620. The maximum atomic E-state index is 13.5. The molecule has 4 amide bonds. The highest BCUT2D eigenvalue weighted by atomic mass is 16.5. The second kappa shape index (κ2) is 11.9. The lowest BCUT2D eigenvalue weighted by Crippen LogP contribution is -2.54. The molecule has 1 saturated heterocycles. The first-order valence-electron chi connectivity index (χ1n) is 13.2. The lowest BCUT2D eigenvalue weighted by Gasteiger charge is -2.26. The molecule has 0 aliphatic carbocycles. The molecular formula is C34H30N2O5.